The summed E-state index contributed by atoms with van der Waals surface area (Å²) >= 11 is 0. The molecule has 0 radical (unpaired) electrons. The average molecular weight is 455 g/mol. The molecule has 2 N–H and O–H groups in total. The summed E-state index contributed by atoms with van der Waals surface area (Å²) in [6.45, 7) is 6.02. The van der Waals surface area contributed by atoms with Gasteiger partial charge < -0.3 is 15.3 Å². The Morgan fingerprint density at radius 1 is 1.03 bits per heavy atom. The largest absolute Gasteiger partial charge is 0.478 e. The molecule has 0 amide bonds. The zero-order valence-corrected chi connectivity index (χ0v) is 19.8. The number of carbonyl (C=O) groups is 1. The van der Waals surface area contributed by atoms with Crippen molar-refractivity contribution in [3.8, 4) is 11.3 Å². The van der Waals surface area contributed by atoms with Crippen LogP contribution in [0.1, 0.15) is 60.4 Å². The Morgan fingerprint density at radius 2 is 1.82 bits per heavy atom. The summed E-state index contributed by atoms with van der Waals surface area (Å²) in [4.78, 5) is 23.2. The van der Waals surface area contributed by atoms with E-state index in [0.717, 1.165) is 33.9 Å². The molecule has 3 aromatic rings. The van der Waals surface area contributed by atoms with Crippen molar-refractivity contribution in [2.24, 2.45) is 5.92 Å². The summed E-state index contributed by atoms with van der Waals surface area (Å²) in [6, 6.07) is 17.8. The molecule has 174 valence electrons. The maximum Gasteiger partial charge on any atom is 0.335 e. The second kappa shape index (κ2) is 8.93. The summed E-state index contributed by atoms with van der Waals surface area (Å²) in [5.41, 5.74) is 7.38. The van der Waals surface area contributed by atoms with E-state index >= 15 is 0 Å². The van der Waals surface area contributed by atoms with Crippen LogP contribution >= 0.6 is 0 Å². The van der Waals surface area contributed by atoms with Crippen molar-refractivity contribution in [2.75, 3.05) is 0 Å². The van der Waals surface area contributed by atoms with Gasteiger partial charge in [0.15, 0.2) is 0 Å². The third-order valence-electron chi connectivity index (χ3n) is 6.98. The van der Waals surface area contributed by atoms with Crippen LogP contribution in [-0.4, -0.2) is 38.2 Å². The van der Waals surface area contributed by atoms with Crippen LogP contribution in [0.2, 0.25) is 0 Å². The van der Waals surface area contributed by atoms with E-state index in [1.807, 2.05) is 45.2 Å². The van der Waals surface area contributed by atoms with E-state index in [9.17, 15) is 9.90 Å². The first-order valence-electron chi connectivity index (χ1n) is 12.1. The van der Waals surface area contributed by atoms with Crippen molar-refractivity contribution in [1.82, 2.24) is 20.2 Å². The van der Waals surface area contributed by atoms with Gasteiger partial charge in [-0.25, -0.2) is 4.79 Å². The number of nitrogens with one attached hydrogen (secondary N) is 1. The van der Waals surface area contributed by atoms with Gasteiger partial charge in [0.05, 0.1) is 28.3 Å². The zero-order valence-electron chi connectivity index (χ0n) is 19.8. The number of rotatable bonds is 4. The van der Waals surface area contributed by atoms with E-state index in [4.69, 9.17) is 4.98 Å². The van der Waals surface area contributed by atoms with Crippen molar-refractivity contribution in [3.05, 3.63) is 83.3 Å². The topological polar surface area (TPSA) is 78.3 Å². The molecule has 2 aromatic heterocycles. The van der Waals surface area contributed by atoms with Crippen LogP contribution in [0.3, 0.4) is 0 Å². The van der Waals surface area contributed by atoms with Crippen molar-refractivity contribution < 1.29 is 9.90 Å². The number of fused-ring (bicyclic) bond motifs is 5. The third-order valence-corrected chi connectivity index (χ3v) is 6.98. The Bertz CT molecular complexity index is 1250. The molecule has 6 rings (SSSR count). The number of aromatic nitrogens is 2. The number of piperidine rings is 1. The SMILES string of the molecule is CC.Cc1cccc(C2=C(c3ccnc(-c4ccc(C(=O)O)cc4)c3)N3C4CCC(C4)C3N2)n1. The van der Waals surface area contributed by atoms with Crippen LogP contribution in [0.4, 0.5) is 0 Å². The maximum absolute atomic E-state index is 11.2. The van der Waals surface area contributed by atoms with Gasteiger partial charge in [-0.05, 0) is 68.5 Å². The molecular weight excluding hydrogens is 424 g/mol. The molecule has 6 heteroatoms. The molecule has 4 heterocycles. The second-order valence-electron chi connectivity index (χ2n) is 8.92. The fraction of sp³-hybridized carbons (Fsp3) is 0.321. The van der Waals surface area contributed by atoms with Crippen LogP contribution in [0.15, 0.2) is 60.8 Å². The molecule has 0 spiro atoms. The fourth-order valence-electron chi connectivity index (χ4n) is 5.53. The van der Waals surface area contributed by atoms with E-state index < -0.39 is 5.97 Å². The number of nitrogens with zero attached hydrogens (tertiary/aromatic N) is 3. The summed E-state index contributed by atoms with van der Waals surface area (Å²) in [5, 5.41) is 13.0. The van der Waals surface area contributed by atoms with Gasteiger partial charge in [-0.1, -0.05) is 32.0 Å². The highest BCUT2D eigenvalue weighted by molar-refractivity contribution is 5.92. The first kappa shape index (κ1) is 22.1. The normalized spacial score (nSPS) is 22.2. The lowest BCUT2D eigenvalue weighted by atomic mass is 10.0. The van der Waals surface area contributed by atoms with Gasteiger partial charge in [-0.15, -0.1) is 0 Å². The summed E-state index contributed by atoms with van der Waals surface area (Å²) < 4.78 is 0. The Labute approximate surface area is 200 Å². The third kappa shape index (κ3) is 3.73. The van der Waals surface area contributed by atoms with Crippen LogP contribution in [0.25, 0.3) is 22.7 Å². The lowest BCUT2D eigenvalue weighted by Gasteiger charge is -2.33. The molecule has 1 aromatic carbocycles. The zero-order chi connectivity index (χ0) is 23.8. The molecule has 3 aliphatic rings. The van der Waals surface area contributed by atoms with Gasteiger partial charge in [-0.3, -0.25) is 9.97 Å². The number of aromatic carboxylic acids is 1. The predicted molar refractivity (Wildman–Crippen MR) is 134 cm³/mol. The minimum absolute atomic E-state index is 0.274. The molecule has 1 saturated heterocycles. The van der Waals surface area contributed by atoms with Crippen molar-refractivity contribution in [1.29, 1.82) is 0 Å². The fourth-order valence-corrected chi connectivity index (χ4v) is 5.53. The first-order valence-corrected chi connectivity index (χ1v) is 12.1. The minimum atomic E-state index is -0.925. The highest BCUT2D eigenvalue weighted by Crippen LogP contribution is 2.50. The second-order valence-corrected chi connectivity index (χ2v) is 8.92. The van der Waals surface area contributed by atoms with Crippen LogP contribution in [-0.2, 0) is 0 Å². The number of benzene rings is 1. The smallest absolute Gasteiger partial charge is 0.335 e. The van der Waals surface area contributed by atoms with E-state index in [2.05, 4.69) is 39.5 Å². The number of carboxylic acids is 1. The van der Waals surface area contributed by atoms with E-state index in [-0.39, 0.29) is 5.56 Å². The molecule has 2 fully saturated rings. The minimum Gasteiger partial charge on any atom is -0.478 e. The number of hydrogen-bond donors (Lipinski definition) is 2. The Kier molecular flexibility index (Phi) is 5.82. The van der Waals surface area contributed by atoms with Crippen molar-refractivity contribution in [3.63, 3.8) is 0 Å². The quantitative estimate of drug-likeness (QED) is 0.548. The summed E-state index contributed by atoms with van der Waals surface area (Å²) in [6.07, 6.45) is 5.91. The monoisotopic (exact) mass is 454 g/mol. The Hall–Kier alpha value is -3.67. The lowest BCUT2D eigenvalue weighted by molar-refractivity contribution is 0.0697. The van der Waals surface area contributed by atoms with Crippen LogP contribution < -0.4 is 5.32 Å². The van der Waals surface area contributed by atoms with Crippen LogP contribution in [0.5, 0.6) is 0 Å². The molecule has 3 unspecified atom stereocenters. The molecular formula is C28H30N4O2. The maximum atomic E-state index is 11.2. The molecule has 1 aliphatic carbocycles. The average Bonchev–Trinajstić information content (AvgIpc) is 3.58. The number of carboxylic acid groups (broad SMARTS) is 1. The van der Waals surface area contributed by atoms with Gasteiger partial charge in [0.1, 0.15) is 6.17 Å². The molecule has 6 nitrogen and oxygen atoms in total. The van der Waals surface area contributed by atoms with Gasteiger partial charge in [0.2, 0.25) is 0 Å². The standard InChI is InChI=1S/C26H24N4O2.C2H6/c1-15-3-2-4-21(28-15)23-24(30-20-10-9-19(13-20)25(30)29-23)18-11-12-27-22(14-18)16-5-7-17(8-6-16)26(31)32;1-2/h2-8,11-12,14,19-20,25,29H,9-10,13H2,1H3,(H,31,32);1-2H3. The number of pyridine rings is 2. The number of hydrogen-bond acceptors (Lipinski definition) is 5. The summed E-state index contributed by atoms with van der Waals surface area (Å²) in [7, 11) is 0. The van der Waals surface area contributed by atoms with E-state index in [0.29, 0.717) is 18.1 Å². The highest BCUT2D eigenvalue weighted by atomic mass is 16.4. The van der Waals surface area contributed by atoms with Gasteiger partial charge in [-0.2, -0.15) is 0 Å². The van der Waals surface area contributed by atoms with E-state index in [1.165, 1.54) is 25.0 Å². The van der Waals surface area contributed by atoms with Crippen molar-refractivity contribution in [2.45, 2.75) is 52.2 Å². The van der Waals surface area contributed by atoms with E-state index in [1.54, 1.807) is 12.1 Å². The highest BCUT2D eigenvalue weighted by Gasteiger charge is 2.51. The first-order chi connectivity index (χ1) is 16.6. The number of aryl methyl sites for hydroxylation is 1. The molecule has 2 aliphatic heterocycles. The van der Waals surface area contributed by atoms with Crippen LogP contribution in [0, 0.1) is 12.8 Å². The predicted octanol–water partition coefficient (Wildman–Crippen LogP) is 5.42. The summed E-state index contributed by atoms with van der Waals surface area (Å²) in [5.74, 6) is -0.256. The van der Waals surface area contributed by atoms with Crippen molar-refractivity contribution >= 4 is 17.4 Å². The van der Waals surface area contributed by atoms with Gasteiger partial charge in [0, 0.05) is 29.1 Å². The Balaban J connectivity index is 0.00000117. The lowest BCUT2D eigenvalue weighted by Crippen LogP contribution is -2.41. The molecule has 34 heavy (non-hydrogen) atoms. The molecule has 2 bridgehead atoms. The molecule has 1 saturated carbocycles. The molecule has 3 atom stereocenters. The Morgan fingerprint density at radius 3 is 2.56 bits per heavy atom. The van der Waals surface area contributed by atoms with Gasteiger partial charge in [0.25, 0.3) is 0 Å². The van der Waals surface area contributed by atoms with Gasteiger partial charge >= 0.3 is 5.97 Å².